The van der Waals surface area contributed by atoms with Crippen LogP contribution in [0.15, 0.2) is 72.8 Å². The van der Waals surface area contributed by atoms with Crippen molar-refractivity contribution in [2.75, 3.05) is 77.2 Å². The third kappa shape index (κ3) is 11.2. The van der Waals surface area contributed by atoms with Crippen LogP contribution >= 0.6 is 11.6 Å². The van der Waals surface area contributed by atoms with E-state index in [1.54, 1.807) is 29.0 Å². The van der Waals surface area contributed by atoms with Crippen molar-refractivity contribution in [2.45, 2.75) is 51.0 Å². The molecule has 50 heavy (non-hydrogen) atoms. The number of amides is 3. The molecule has 0 aliphatic carbocycles. The third-order valence-corrected chi connectivity index (χ3v) is 9.73. The first-order chi connectivity index (χ1) is 24.2. The molecule has 0 spiro atoms. The Bertz CT molecular complexity index is 1530. The van der Waals surface area contributed by atoms with E-state index in [0.29, 0.717) is 30.1 Å². The van der Waals surface area contributed by atoms with E-state index >= 15 is 0 Å². The molecule has 1 heterocycles. The van der Waals surface area contributed by atoms with E-state index in [4.69, 9.17) is 11.6 Å². The van der Waals surface area contributed by atoms with Gasteiger partial charge in [-0.3, -0.25) is 14.5 Å². The van der Waals surface area contributed by atoms with Gasteiger partial charge in [0.05, 0.1) is 16.3 Å². The Morgan fingerprint density at radius 2 is 1.58 bits per heavy atom. The molecule has 0 unspecified atom stereocenters. The van der Waals surface area contributed by atoms with Gasteiger partial charge in [-0.1, -0.05) is 66.6 Å². The molecule has 3 N–H and O–H groups in total. The number of nitrogens with one attached hydrogen (secondary N) is 2. The van der Waals surface area contributed by atoms with E-state index in [1.807, 2.05) is 79.7 Å². The molecule has 1 saturated heterocycles. The van der Waals surface area contributed by atoms with Crippen LogP contribution in [0, 0.1) is 0 Å². The van der Waals surface area contributed by atoms with Crippen LogP contribution in [0.5, 0.6) is 0 Å². The quantitative estimate of drug-likeness (QED) is 0.126. The molecule has 3 aromatic rings. The summed E-state index contributed by atoms with van der Waals surface area (Å²) in [6, 6.07) is 23.0. The molecule has 270 valence electrons. The highest BCUT2D eigenvalue weighted by Crippen LogP contribution is 2.34. The lowest BCUT2D eigenvalue weighted by atomic mass is 9.98. The van der Waals surface area contributed by atoms with E-state index < -0.39 is 6.09 Å². The van der Waals surface area contributed by atoms with Gasteiger partial charge in [0.2, 0.25) is 5.91 Å². The summed E-state index contributed by atoms with van der Waals surface area (Å²) < 4.78 is 0. The normalized spacial score (nSPS) is 13.5. The largest absolute Gasteiger partial charge is 0.465 e. The maximum absolute atomic E-state index is 12.8. The van der Waals surface area contributed by atoms with Gasteiger partial charge in [0.1, 0.15) is 0 Å². The van der Waals surface area contributed by atoms with E-state index in [-0.39, 0.29) is 17.9 Å². The fourth-order valence-corrected chi connectivity index (χ4v) is 6.68. The van der Waals surface area contributed by atoms with Crippen molar-refractivity contribution in [1.82, 2.24) is 20.0 Å². The first-order valence-corrected chi connectivity index (χ1v) is 18.1. The summed E-state index contributed by atoms with van der Waals surface area (Å²) in [5, 5.41) is 17.1. The average molecular weight is 705 g/mol. The van der Waals surface area contributed by atoms with Crippen molar-refractivity contribution < 1.29 is 19.5 Å². The van der Waals surface area contributed by atoms with Gasteiger partial charge in [-0.05, 0) is 75.5 Å². The van der Waals surface area contributed by atoms with Crippen molar-refractivity contribution in [3.63, 3.8) is 0 Å². The van der Waals surface area contributed by atoms with Crippen molar-refractivity contribution in [3.8, 4) is 11.1 Å². The molecule has 11 heteroatoms. The number of piperidine rings is 1. The van der Waals surface area contributed by atoms with Gasteiger partial charge in [-0.15, -0.1) is 0 Å². The van der Waals surface area contributed by atoms with Crippen LogP contribution in [0.1, 0.15) is 55.3 Å². The first kappa shape index (κ1) is 38.7. The Hall–Kier alpha value is -4.12. The van der Waals surface area contributed by atoms with Crippen LogP contribution in [-0.2, 0) is 4.79 Å². The van der Waals surface area contributed by atoms with E-state index in [1.165, 1.54) is 0 Å². The number of hydrogen-bond donors (Lipinski definition) is 3. The number of anilines is 2. The molecule has 10 nitrogen and oxygen atoms in total. The fraction of sp³-hybridized carbons (Fsp3) is 0.462. The molecule has 0 radical (unpaired) electrons. The Morgan fingerprint density at radius 1 is 0.860 bits per heavy atom. The second kappa shape index (κ2) is 19.9. The van der Waals surface area contributed by atoms with Crippen LogP contribution < -0.4 is 15.5 Å². The first-order valence-electron chi connectivity index (χ1n) is 17.8. The number of carbonyl (C=O) groups excluding carboxylic acids is 2. The maximum Gasteiger partial charge on any atom is 0.412 e. The predicted octanol–water partition coefficient (Wildman–Crippen LogP) is 6.77. The molecule has 1 fully saturated rings. The van der Waals surface area contributed by atoms with Crippen molar-refractivity contribution in [2.24, 2.45) is 0 Å². The summed E-state index contributed by atoms with van der Waals surface area (Å²) in [6.45, 7) is 5.26. The van der Waals surface area contributed by atoms with E-state index in [9.17, 15) is 19.5 Å². The summed E-state index contributed by atoms with van der Waals surface area (Å²) >= 11 is 6.44. The number of likely N-dealkylation sites (tertiary alicyclic amines) is 1. The lowest BCUT2D eigenvalue weighted by Crippen LogP contribution is -2.48. The zero-order valence-electron chi connectivity index (χ0n) is 29.7. The van der Waals surface area contributed by atoms with Crippen molar-refractivity contribution in [1.29, 1.82) is 0 Å². The average Bonchev–Trinajstić information content (AvgIpc) is 3.12. The number of carboxylic acid groups (broad SMARTS) is 1. The molecule has 1 aliphatic heterocycles. The molecule has 0 saturated carbocycles. The van der Waals surface area contributed by atoms with Crippen molar-refractivity contribution in [3.05, 3.63) is 83.4 Å². The molecule has 0 atom stereocenters. The summed E-state index contributed by atoms with van der Waals surface area (Å²) in [4.78, 5) is 45.4. The molecular formula is C39H53ClN6O4. The minimum Gasteiger partial charge on any atom is -0.465 e. The van der Waals surface area contributed by atoms with Crippen LogP contribution in [0.2, 0.25) is 5.02 Å². The van der Waals surface area contributed by atoms with Crippen LogP contribution in [0.4, 0.5) is 16.2 Å². The van der Waals surface area contributed by atoms with E-state index in [2.05, 4.69) is 15.5 Å². The Balaban J connectivity index is 1.13. The molecule has 0 bridgehead atoms. The predicted molar refractivity (Wildman–Crippen MR) is 203 cm³/mol. The summed E-state index contributed by atoms with van der Waals surface area (Å²) in [5.74, 6) is 0.0611. The number of unbranched alkanes of at least 4 members (excludes halogenated alkanes) is 2. The van der Waals surface area contributed by atoms with E-state index in [0.717, 1.165) is 93.8 Å². The van der Waals surface area contributed by atoms with Gasteiger partial charge < -0.3 is 30.4 Å². The topological polar surface area (TPSA) is 108 Å². The van der Waals surface area contributed by atoms with Gasteiger partial charge in [0.25, 0.3) is 5.91 Å². The Labute approximate surface area is 302 Å². The minimum atomic E-state index is -0.931. The maximum atomic E-state index is 12.8. The highest BCUT2D eigenvalue weighted by Gasteiger charge is 2.30. The summed E-state index contributed by atoms with van der Waals surface area (Å²) in [6.07, 6.45) is 4.60. The Morgan fingerprint density at radius 3 is 2.28 bits per heavy atom. The fourth-order valence-electron chi connectivity index (χ4n) is 6.42. The number of hydrogen-bond acceptors (Lipinski definition) is 6. The molecule has 3 amide bonds. The monoisotopic (exact) mass is 704 g/mol. The van der Waals surface area contributed by atoms with Gasteiger partial charge in [0, 0.05) is 77.1 Å². The number of likely N-dealkylation sites (N-methyl/N-ethyl adjacent to an activating group) is 1. The Kier molecular flexibility index (Phi) is 15.4. The lowest BCUT2D eigenvalue weighted by molar-refractivity contribution is -0.130. The number of nitrogens with zero attached hydrogens (tertiary/aromatic N) is 4. The van der Waals surface area contributed by atoms with Crippen LogP contribution in [-0.4, -0.2) is 111 Å². The number of para-hydroxylation sites is 1. The molecular weight excluding hydrogens is 652 g/mol. The molecule has 4 rings (SSSR count). The zero-order valence-corrected chi connectivity index (χ0v) is 30.5. The molecule has 1 aliphatic rings. The molecule has 0 aromatic heterocycles. The van der Waals surface area contributed by atoms with Gasteiger partial charge in [-0.25, -0.2) is 4.79 Å². The standard InChI is InChI=1S/C39H53ClN6O4/c1-41-22-12-24-44(3)38(48)34-19-18-31(29-35(34)40)42-23-11-5-8-17-37(47)43(2)27-28-45-25-20-32(21-26-45)46(39(49)50)36-16-10-9-15-33(36)30-13-6-4-7-14-30/h4,6-7,9-10,13-16,18-19,29,32,41-42H,5,8,11-12,17,20-28H2,1-3H3,(H,49,50). The van der Waals surface area contributed by atoms with Gasteiger partial charge in [-0.2, -0.15) is 0 Å². The number of carbonyl (C=O) groups is 3. The van der Waals surface area contributed by atoms with Gasteiger partial charge in [0.15, 0.2) is 0 Å². The highest BCUT2D eigenvalue weighted by molar-refractivity contribution is 6.34. The molecule has 3 aromatic carbocycles. The van der Waals surface area contributed by atoms with Crippen LogP contribution in [0.3, 0.4) is 0 Å². The second-order valence-corrected chi connectivity index (χ2v) is 13.4. The number of halogens is 1. The zero-order chi connectivity index (χ0) is 35.9. The minimum absolute atomic E-state index is 0.0828. The SMILES string of the molecule is CNCCCN(C)C(=O)c1ccc(NCCCCCC(=O)N(C)CCN2CCC(N(C(=O)O)c3ccccc3-c3ccccc3)CC2)cc1Cl. The summed E-state index contributed by atoms with van der Waals surface area (Å²) in [5.41, 5.74) is 4.01. The smallest absolute Gasteiger partial charge is 0.412 e. The number of rotatable bonds is 18. The van der Waals surface area contributed by atoms with Crippen LogP contribution in [0.25, 0.3) is 11.1 Å². The lowest BCUT2D eigenvalue weighted by Gasteiger charge is -2.38. The third-order valence-electron chi connectivity index (χ3n) is 9.42. The van der Waals surface area contributed by atoms with Gasteiger partial charge >= 0.3 is 6.09 Å². The highest BCUT2D eigenvalue weighted by atomic mass is 35.5. The second-order valence-electron chi connectivity index (χ2n) is 13.0. The summed E-state index contributed by atoms with van der Waals surface area (Å²) in [7, 11) is 5.55. The van der Waals surface area contributed by atoms with Crippen molar-refractivity contribution >= 4 is 40.9 Å². The number of benzene rings is 3.